The molecule has 1 aromatic rings. The molecule has 2 amide bonds. The SMILES string of the molecule is CCN(CC)C(=O)Nc1c(Cl)cc(F)cc1Br. The van der Waals surface area contributed by atoms with E-state index >= 15 is 0 Å². The minimum Gasteiger partial charge on any atom is -0.325 e. The Hall–Kier alpha value is -0.810. The van der Waals surface area contributed by atoms with Gasteiger partial charge in [-0.2, -0.15) is 0 Å². The quantitative estimate of drug-likeness (QED) is 0.892. The van der Waals surface area contributed by atoms with Crippen molar-refractivity contribution in [2.75, 3.05) is 18.4 Å². The van der Waals surface area contributed by atoms with Crippen LogP contribution in [0.1, 0.15) is 13.8 Å². The van der Waals surface area contributed by atoms with Crippen LogP contribution in [0.5, 0.6) is 0 Å². The summed E-state index contributed by atoms with van der Waals surface area (Å²) in [5.74, 6) is -0.456. The van der Waals surface area contributed by atoms with E-state index in [1.54, 1.807) is 4.90 Å². The van der Waals surface area contributed by atoms with E-state index in [4.69, 9.17) is 11.6 Å². The molecule has 0 aliphatic heterocycles. The molecule has 0 saturated carbocycles. The Morgan fingerprint density at radius 2 is 2.06 bits per heavy atom. The Morgan fingerprint density at radius 1 is 1.47 bits per heavy atom. The van der Waals surface area contributed by atoms with Crippen LogP contribution in [0.2, 0.25) is 5.02 Å². The van der Waals surface area contributed by atoms with Crippen molar-refractivity contribution in [3.8, 4) is 0 Å². The summed E-state index contributed by atoms with van der Waals surface area (Å²) in [5, 5.41) is 2.81. The van der Waals surface area contributed by atoms with Gasteiger partial charge in [0, 0.05) is 17.6 Å². The molecule has 0 bridgehead atoms. The van der Waals surface area contributed by atoms with Gasteiger partial charge < -0.3 is 10.2 Å². The van der Waals surface area contributed by atoms with Crippen molar-refractivity contribution in [2.24, 2.45) is 0 Å². The average molecular weight is 324 g/mol. The number of halogens is 3. The second kappa shape index (κ2) is 6.21. The van der Waals surface area contributed by atoms with E-state index in [1.165, 1.54) is 6.07 Å². The molecule has 0 unspecified atom stereocenters. The van der Waals surface area contributed by atoms with E-state index in [1.807, 2.05) is 13.8 Å². The number of amides is 2. The molecule has 0 aliphatic rings. The van der Waals surface area contributed by atoms with Gasteiger partial charge in [0.05, 0.1) is 10.7 Å². The van der Waals surface area contributed by atoms with Crippen molar-refractivity contribution in [3.05, 3.63) is 27.4 Å². The molecule has 0 aliphatic carbocycles. The summed E-state index contributed by atoms with van der Waals surface area (Å²) in [4.78, 5) is 13.4. The number of anilines is 1. The van der Waals surface area contributed by atoms with Gasteiger partial charge >= 0.3 is 6.03 Å². The molecule has 0 heterocycles. The van der Waals surface area contributed by atoms with E-state index in [2.05, 4.69) is 21.2 Å². The first-order valence-corrected chi connectivity index (χ1v) is 6.37. The normalized spacial score (nSPS) is 10.2. The standard InChI is InChI=1S/C11H13BrClFN2O/c1-3-16(4-2)11(17)15-10-8(12)5-7(14)6-9(10)13/h5-6H,3-4H2,1-2H3,(H,15,17). The van der Waals surface area contributed by atoms with E-state index in [-0.39, 0.29) is 11.1 Å². The third-order valence-electron chi connectivity index (χ3n) is 2.29. The number of carbonyl (C=O) groups excluding carboxylic acids is 1. The van der Waals surface area contributed by atoms with Crippen LogP contribution in [0.15, 0.2) is 16.6 Å². The smallest absolute Gasteiger partial charge is 0.321 e. The van der Waals surface area contributed by atoms with E-state index in [9.17, 15) is 9.18 Å². The Morgan fingerprint density at radius 3 is 2.53 bits per heavy atom. The van der Waals surface area contributed by atoms with Crippen LogP contribution in [-0.4, -0.2) is 24.0 Å². The van der Waals surface area contributed by atoms with Crippen molar-refractivity contribution in [3.63, 3.8) is 0 Å². The van der Waals surface area contributed by atoms with Crippen molar-refractivity contribution >= 4 is 39.2 Å². The molecule has 0 aromatic heterocycles. The number of nitrogens with zero attached hydrogens (tertiary/aromatic N) is 1. The summed E-state index contributed by atoms with van der Waals surface area (Å²) in [6.45, 7) is 4.95. The highest BCUT2D eigenvalue weighted by molar-refractivity contribution is 9.10. The van der Waals surface area contributed by atoms with Crippen molar-refractivity contribution in [1.29, 1.82) is 0 Å². The molecular weight excluding hydrogens is 310 g/mol. The third kappa shape index (κ3) is 3.57. The fraction of sp³-hybridized carbons (Fsp3) is 0.364. The van der Waals surface area contributed by atoms with Crippen molar-refractivity contribution < 1.29 is 9.18 Å². The lowest BCUT2D eigenvalue weighted by Gasteiger charge is -2.20. The molecule has 1 rings (SSSR count). The Labute approximate surface area is 113 Å². The minimum atomic E-state index is -0.456. The second-order valence-electron chi connectivity index (χ2n) is 3.35. The molecule has 0 atom stereocenters. The van der Waals surface area contributed by atoms with Gasteiger partial charge in [-0.15, -0.1) is 0 Å². The van der Waals surface area contributed by atoms with Gasteiger partial charge in [0.1, 0.15) is 5.82 Å². The molecule has 0 saturated heterocycles. The zero-order chi connectivity index (χ0) is 13.0. The Kier molecular flexibility index (Phi) is 5.21. The highest BCUT2D eigenvalue weighted by atomic mass is 79.9. The van der Waals surface area contributed by atoms with Crippen molar-refractivity contribution in [2.45, 2.75) is 13.8 Å². The number of rotatable bonds is 3. The number of carbonyl (C=O) groups is 1. The van der Waals surface area contributed by atoms with Crippen LogP contribution < -0.4 is 5.32 Å². The maximum Gasteiger partial charge on any atom is 0.321 e. The lowest BCUT2D eigenvalue weighted by atomic mass is 10.3. The first kappa shape index (κ1) is 14.3. The van der Waals surface area contributed by atoms with E-state index in [0.717, 1.165) is 6.07 Å². The lowest BCUT2D eigenvalue weighted by molar-refractivity contribution is 0.217. The number of benzene rings is 1. The number of hydrogen-bond acceptors (Lipinski definition) is 1. The maximum absolute atomic E-state index is 13.0. The van der Waals surface area contributed by atoms with Crippen LogP contribution in [-0.2, 0) is 0 Å². The molecule has 17 heavy (non-hydrogen) atoms. The number of nitrogens with one attached hydrogen (secondary N) is 1. The summed E-state index contributed by atoms with van der Waals surface area (Å²) in [6, 6.07) is 2.15. The summed E-state index contributed by atoms with van der Waals surface area (Å²) in [6.07, 6.45) is 0. The molecule has 94 valence electrons. The van der Waals surface area contributed by atoms with Crippen LogP contribution in [0, 0.1) is 5.82 Å². The maximum atomic E-state index is 13.0. The topological polar surface area (TPSA) is 32.3 Å². The van der Waals surface area contributed by atoms with Gasteiger partial charge in [0.25, 0.3) is 0 Å². The largest absolute Gasteiger partial charge is 0.325 e. The van der Waals surface area contributed by atoms with E-state index in [0.29, 0.717) is 23.2 Å². The molecule has 0 spiro atoms. The molecule has 1 N–H and O–H groups in total. The number of hydrogen-bond donors (Lipinski definition) is 1. The Bertz CT molecular complexity index is 401. The first-order chi connectivity index (χ1) is 7.99. The van der Waals surface area contributed by atoms with Gasteiger partial charge in [-0.05, 0) is 41.9 Å². The predicted octanol–water partition coefficient (Wildman–Crippen LogP) is 4.12. The highest BCUT2D eigenvalue weighted by Gasteiger charge is 2.14. The Balaban J connectivity index is 2.92. The predicted molar refractivity (Wildman–Crippen MR) is 71.0 cm³/mol. The van der Waals surface area contributed by atoms with Gasteiger partial charge in [0.15, 0.2) is 0 Å². The summed E-state index contributed by atoms with van der Waals surface area (Å²) in [5.41, 5.74) is 0.380. The van der Waals surface area contributed by atoms with Gasteiger partial charge in [-0.3, -0.25) is 0 Å². The fourth-order valence-electron chi connectivity index (χ4n) is 1.36. The van der Waals surface area contributed by atoms with Crippen LogP contribution in [0.3, 0.4) is 0 Å². The van der Waals surface area contributed by atoms with Crippen LogP contribution >= 0.6 is 27.5 Å². The number of urea groups is 1. The minimum absolute atomic E-state index is 0.164. The summed E-state index contributed by atoms with van der Waals surface area (Å²) >= 11 is 9.03. The van der Waals surface area contributed by atoms with Crippen LogP contribution in [0.25, 0.3) is 0 Å². The van der Waals surface area contributed by atoms with Gasteiger partial charge in [-0.1, -0.05) is 11.6 Å². The highest BCUT2D eigenvalue weighted by Crippen LogP contribution is 2.31. The molecular formula is C11H13BrClFN2O. The third-order valence-corrected chi connectivity index (χ3v) is 3.21. The lowest BCUT2D eigenvalue weighted by Crippen LogP contribution is -2.34. The molecule has 0 fully saturated rings. The first-order valence-electron chi connectivity index (χ1n) is 5.20. The summed E-state index contributed by atoms with van der Waals surface area (Å²) < 4.78 is 13.4. The zero-order valence-corrected chi connectivity index (χ0v) is 11.9. The average Bonchev–Trinajstić information content (AvgIpc) is 2.25. The van der Waals surface area contributed by atoms with Gasteiger partial charge in [-0.25, -0.2) is 9.18 Å². The van der Waals surface area contributed by atoms with E-state index < -0.39 is 5.82 Å². The monoisotopic (exact) mass is 322 g/mol. The fourth-order valence-corrected chi connectivity index (χ4v) is 2.26. The zero-order valence-electron chi connectivity index (χ0n) is 9.56. The summed E-state index contributed by atoms with van der Waals surface area (Å²) in [7, 11) is 0. The molecule has 6 heteroatoms. The van der Waals surface area contributed by atoms with Crippen LogP contribution in [0.4, 0.5) is 14.9 Å². The molecule has 0 radical (unpaired) electrons. The second-order valence-corrected chi connectivity index (χ2v) is 4.61. The molecule has 1 aromatic carbocycles. The molecule has 3 nitrogen and oxygen atoms in total. The van der Waals surface area contributed by atoms with Crippen molar-refractivity contribution in [1.82, 2.24) is 4.90 Å². The van der Waals surface area contributed by atoms with Gasteiger partial charge in [0.2, 0.25) is 0 Å².